The van der Waals surface area contributed by atoms with Gasteiger partial charge in [-0.3, -0.25) is 0 Å². The van der Waals surface area contributed by atoms with Crippen molar-refractivity contribution in [3.05, 3.63) is 53.3 Å². The van der Waals surface area contributed by atoms with E-state index in [0.717, 1.165) is 50.9 Å². The third kappa shape index (κ3) is 4.77. The van der Waals surface area contributed by atoms with E-state index in [1.54, 1.807) is 0 Å². The molecule has 2 aromatic rings. The molecule has 0 bridgehead atoms. The molecule has 0 spiro atoms. The van der Waals surface area contributed by atoms with Gasteiger partial charge in [0.1, 0.15) is 0 Å². The molecule has 0 amide bonds. The maximum atomic E-state index is 5.37. The van der Waals surface area contributed by atoms with Gasteiger partial charge in [0.05, 0.1) is 13.2 Å². The van der Waals surface area contributed by atoms with Gasteiger partial charge in [0.2, 0.25) is 5.95 Å². The molecule has 5 nitrogen and oxygen atoms in total. The molecular weight excluding hydrogens is 312 g/mol. The van der Waals surface area contributed by atoms with Crippen molar-refractivity contribution in [2.75, 3.05) is 37.7 Å². The van der Waals surface area contributed by atoms with Gasteiger partial charge in [-0.05, 0) is 12.5 Å². The Bertz CT molecular complexity index is 661. The van der Waals surface area contributed by atoms with Crippen LogP contribution >= 0.6 is 0 Å². The number of anilines is 1. The minimum atomic E-state index is 0.0856. The predicted octanol–water partition coefficient (Wildman–Crippen LogP) is 2.69. The number of hydrogen-bond donors (Lipinski definition) is 1. The lowest BCUT2D eigenvalue weighted by Crippen LogP contribution is -2.37. The van der Waals surface area contributed by atoms with Crippen LogP contribution in [-0.4, -0.2) is 42.8 Å². The molecule has 0 unspecified atom stereocenters. The number of aromatic nitrogens is 2. The van der Waals surface area contributed by atoms with Gasteiger partial charge in [0.25, 0.3) is 0 Å². The van der Waals surface area contributed by atoms with E-state index >= 15 is 0 Å². The van der Waals surface area contributed by atoms with Crippen LogP contribution in [0.25, 0.3) is 0 Å². The van der Waals surface area contributed by atoms with Crippen molar-refractivity contribution >= 4 is 5.95 Å². The molecule has 1 aromatic heterocycles. The molecule has 1 aliphatic rings. The third-order valence-electron chi connectivity index (χ3n) is 4.71. The summed E-state index contributed by atoms with van der Waals surface area (Å²) in [4.78, 5) is 11.2. The van der Waals surface area contributed by atoms with Crippen LogP contribution < -0.4 is 10.2 Å². The summed E-state index contributed by atoms with van der Waals surface area (Å²) in [7, 11) is 0. The first-order valence-corrected chi connectivity index (χ1v) is 8.96. The maximum absolute atomic E-state index is 5.37. The quantitative estimate of drug-likeness (QED) is 0.876. The summed E-state index contributed by atoms with van der Waals surface area (Å²) >= 11 is 0. The predicted molar refractivity (Wildman–Crippen MR) is 101 cm³/mol. The van der Waals surface area contributed by atoms with Crippen molar-refractivity contribution in [3.8, 4) is 0 Å². The smallest absolute Gasteiger partial charge is 0.225 e. The first-order chi connectivity index (χ1) is 12.0. The summed E-state index contributed by atoms with van der Waals surface area (Å²) in [6.45, 7) is 11.6. The van der Waals surface area contributed by atoms with Gasteiger partial charge >= 0.3 is 0 Å². The van der Waals surface area contributed by atoms with E-state index in [-0.39, 0.29) is 5.41 Å². The van der Waals surface area contributed by atoms with Crippen molar-refractivity contribution in [1.82, 2.24) is 15.3 Å². The average Bonchev–Trinajstić information content (AvgIpc) is 2.63. The normalized spacial score (nSPS) is 15.4. The molecule has 0 radical (unpaired) electrons. The van der Waals surface area contributed by atoms with E-state index in [2.05, 4.69) is 65.2 Å². The lowest BCUT2D eigenvalue weighted by atomic mass is 9.84. The fraction of sp³-hybridized carbons (Fsp3) is 0.500. The van der Waals surface area contributed by atoms with E-state index in [9.17, 15) is 0 Å². The Labute approximate surface area is 150 Å². The fourth-order valence-electron chi connectivity index (χ4n) is 2.99. The van der Waals surface area contributed by atoms with E-state index in [4.69, 9.17) is 4.74 Å². The number of ether oxygens (including phenoxy) is 1. The van der Waals surface area contributed by atoms with E-state index in [0.29, 0.717) is 0 Å². The molecule has 1 aromatic carbocycles. The second-order valence-electron chi connectivity index (χ2n) is 7.34. The summed E-state index contributed by atoms with van der Waals surface area (Å²) in [5.74, 6) is 0.798. The van der Waals surface area contributed by atoms with Crippen LogP contribution in [0.3, 0.4) is 0 Å². The summed E-state index contributed by atoms with van der Waals surface area (Å²) in [5, 5.41) is 3.54. The number of benzene rings is 1. The first kappa shape index (κ1) is 17.8. The number of nitrogens with one attached hydrogen (secondary N) is 1. The molecule has 134 valence electrons. The van der Waals surface area contributed by atoms with Crippen LogP contribution in [0.1, 0.15) is 30.5 Å². The van der Waals surface area contributed by atoms with Crippen LogP contribution in [-0.2, 0) is 16.7 Å². The minimum Gasteiger partial charge on any atom is -0.378 e. The molecule has 25 heavy (non-hydrogen) atoms. The van der Waals surface area contributed by atoms with E-state index in [1.807, 2.05) is 12.4 Å². The molecule has 2 heterocycles. The van der Waals surface area contributed by atoms with Crippen LogP contribution in [0.4, 0.5) is 5.95 Å². The molecule has 5 heteroatoms. The van der Waals surface area contributed by atoms with Crippen molar-refractivity contribution in [2.45, 2.75) is 32.7 Å². The first-order valence-electron chi connectivity index (χ1n) is 8.96. The van der Waals surface area contributed by atoms with E-state index < -0.39 is 0 Å². The molecule has 1 fully saturated rings. The Kier molecular flexibility index (Phi) is 5.66. The highest BCUT2D eigenvalue weighted by atomic mass is 16.5. The lowest BCUT2D eigenvalue weighted by Gasteiger charge is -2.27. The Morgan fingerprint density at radius 2 is 1.72 bits per heavy atom. The largest absolute Gasteiger partial charge is 0.378 e. The summed E-state index contributed by atoms with van der Waals surface area (Å²) in [5.41, 5.74) is 3.84. The van der Waals surface area contributed by atoms with Crippen LogP contribution in [0.2, 0.25) is 0 Å². The van der Waals surface area contributed by atoms with Crippen molar-refractivity contribution in [1.29, 1.82) is 0 Å². The monoisotopic (exact) mass is 340 g/mol. The Hall–Kier alpha value is -1.98. The Morgan fingerprint density at radius 1 is 1.08 bits per heavy atom. The fourth-order valence-corrected chi connectivity index (χ4v) is 2.99. The van der Waals surface area contributed by atoms with Gasteiger partial charge in [-0.1, -0.05) is 43.7 Å². The zero-order valence-electron chi connectivity index (χ0n) is 15.5. The zero-order valence-corrected chi connectivity index (χ0v) is 15.5. The topological polar surface area (TPSA) is 50.3 Å². The average molecular weight is 340 g/mol. The van der Waals surface area contributed by atoms with E-state index in [1.165, 1.54) is 11.1 Å². The molecule has 3 rings (SSSR count). The SMILES string of the molecule is Cc1ccc(C(C)(C)CNCc2cnc(N3CCOCC3)nc2)cc1. The lowest BCUT2D eigenvalue weighted by molar-refractivity contribution is 0.122. The van der Waals surface area contributed by atoms with Crippen LogP contribution in [0.5, 0.6) is 0 Å². The van der Waals surface area contributed by atoms with Gasteiger partial charge in [-0.15, -0.1) is 0 Å². The second-order valence-corrected chi connectivity index (χ2v) is 7.34. The number of aryl methyl sites for hydroxylation is 1. The van der Waals surface area contributed by atoms with Crippen molar-refractivity contribution in [3.63, 3.8) is 0 Å². The molecule has 1 aliphatic heterocycles. The minimum absolute atomic E-state index is 0.0856. The zero-order chi connectivity index (χ0) is 17.7. The number of nitrogens with zero attached hydrogens (tertiary/aromatic N) is 3. The highest BCUT2D eigenvalue weighted by Crippen LogP contribution is 2.22. The number of rotatable bonds is 6. The van der Waals surface area contributed by atoms with Crippen LogP contribution in [0, 0.1) is 6.92 Å². The van der Waals surface area contributed by atoms with Gasteiger partial charge in [-0.2, -0.15) is 0 Å². The molecule has 0 aliphatic carbocycles. The highest BCUT2D eigenvalue weighted by molar-refractivity contribution is 5.30. The molecule has 0 atom stereocenters. The Balaban J connectivity index is 1.52. The van der Waals surface area contributed by atoms with Crippen LogP contribution in [0.15, 0.2) is 36.7 Å². The molecular formula is C20H28N4O. The molecule has 1 N–H and O–H groups in total. The second kappa shape index (κ2) is 7.93. The van der Waals surface area contributed by atoms with Gasteiger partial charge in [0, 0.05) is 49.6 Å². The maximum Gasteiger partial charge on any atom is 0.225 e. The van der Waals surface area contributed by atoms with Gasteiger partial charge in [-0.25, -0.2) is 9.97 Å². The Morgan fingerprint density at radius 3 is 2.36 bits per heavy atom. The van der Waals surface area contributed by atoms with Crippen molar-refractivity contribution < 1.29 is 4.74 Å². The van der Waals surface area contributed by atoms with Crippen molar-refractivity contribution in [2.24, 2.45) is 0 Å². The molecule has 0 saturated carbocycles. The number of hydrogen-bond acceptors (Lipinski definition) is 5. The third-order valence-corrected chi connectivity index (χ3v) is 4.71. The van der Waals surface area contributed by atoms with Gasteiger partial charge in [0.15, 0.2) is 0 Å². The highest BCUT2D eigenvalue weighted by Gasteiger charge is 2.20. The summed E-state index contributed by atoms with van der Waals surface area (Å²) < 4.78 is 5.37. The summed E-state index contributed by atoms with van der Waals surface area (Å²) in [6.07, 6.45) is 3.84. The standard InChI is InChI=1S/C20H28N4O/c1-16-4-6-18(7-5-16)20(2,3)15-21-12-17-13-22-19(23-14-17)24-8-10-25-11-9-24/h4-7,13-14,21H,8-12,15H2,1-3H3. The number of morpholine rings is 1. The summed E-state index contributed by atoms with van der Waals surface area (Å²) in [6, 6.07) is 8.79. The van der Waals surface area contributed by atoms with Gasteiger partial charge < -0.3 is 15.0 Å². The molecule has 1 saturated heterocycles.